The number of thioether (sulfide) groups is 3. The third-order valence-electron chi connectivity index (χ3n) is 2.75. The number of ether oxygens (including phenoxy) is 1. The summed E-state index contributed by atoms with van der Waals surface area (Å²) >= 11 is 5.69. The second-order valence-corrected chi connectivity index (χ2v) is 8.36. The van der Waals surface area contributed by atoms with Crippen LogP contribution in [0.2, 0.25) is 0 Å². The van der Waals surface area contributed by atoms with E-state index in [1.807, 2.05) is 23.5 Å². The predicted molar refractivity (Wildman–Crippen MR) is 91.3 cm³/mol. The number of carbonyl (C=O) groups excluding carboxylic acids is 1. The van der Waals surface area contributed by atoms with Gasteiger partial charge in [0.15, 0.2) is 0 Å². The molecule has 0 N–H and O–H groups in total. The normalized spacial score (nSPS) is 21.6. The molecular weight excluding hydrogens is 308 g/mol. The second-order valence-electron chi connectivity index (χ2n) is 4.53. The van der Waals surface area contributed by atoms with Crippen LogP contribution in [0.15, 0.2) is 42.5 Å². The molecule has 1 fully saturated rings. The van der Waals surface area contributed by atoms with Gasteiger partial charge in [0.1, 0.15) is 5.94 Å². The minimum absolute atomic E-state index is 0.298. The molecule has 2 unspecified atom stereocenters. The smallest absolute Gasteiger partial charge is 0.333 e. The first kappa shape index (κ1) is 15.9. The molecule has 1 aliphatic rings. The Morgan fingerprint density at radius 1 is 1.45 bits per heavy atom. The van der Waals surface area contributed by atoms with Crippen molar-refractivity contribution in [1.29, 1.82) is 0 Å². The average Bonchev–Trinajstić information content (AvgIpc) is 2.93. The standard InChI is InChI=1S/C15H18O2S3/c1-11(2)14(16)17-10-18-8-13-9-19-15(20-13)12-6-4-3-5-7-12/h3-7,13,15H,1,8-10H2,2H3. The molecule has 1 aromatic rings. The summed E-state index contributed by atoms with van der Waals surface area (Å²) in [4.78, 5) is 11.2. The average molecular weight is 327 g/mol. The van der Waals surface area contributed by atoms with Crippen molar-refractivity contribution in [3.05, 3.63) is 48.0 Å². The maximum absolute atomic E-state index is 11.2. The van der Waals surface area contributed by atoms with Crippen LogP contribution >= 0.6 is 35.3 Å². The van der Waals surface area contributed by atoms with Crippen molar-refractivity contribution in [3.8, 4) is 0 Å². The van der Waals surface area contributed by atoms with Gasteiger partial charge in [-0.15, -0.1) is 35.3 Å². The molecule has 0 aromatic heterocycles. The molecule has 0 aliphatic carbocycles. The van der Waals surface area contributed by atoms with E-state index in [-0.39, 0.29) is 5.97 Å². The summed E-state index contributed by atoms with van der Waals surface area (Å²) in [6, 6.07) is 10.6. The zero-order chi connectivity index (χ0) is 14.4. The van der Waals surface area contributed by atoms with Crippen LogP contribution in [-0.4, -0.2) is 28.7 Å². The Kier molecular flexibility index (Phi) is 6.39. The summed E-state index contributed by atoms with van der Waals surface area (Å²) in [6.45, 7) is 5.23. The van der Waals surface area contributed by atoms with Gasteiger partial charge in [-0.25, -0.2) is 4.79 Å². The molecule has 2 atom stereocenters. The van der Waals surface area contributed by atoms with Gasteiger partial charge in [0.25, 0.3) is 0 Å². The second kappa shape index (κ2) is 8.05. The molecular formula is C15H18O2S3. The highest BCUT2D eigenvalue weighted by Crippen LogP contribution is 2.49. The molecule has 1 heterocycles. The minimum atomic E-state index is -0.298. The number of benzene rings is 1. The van der Waals surface area contributed by atoms with Gasteiger partial charge in [-0.3, -0.25) is 0 Å². The maximum Gasteiger partial charge on any atom is 0.333 e. The molecule has 2 rings (SSSR count). The molecule has 0 radical (unpaired) electrons. The van der Waals surface area contributed by atoms with Gasteiger partial charge in [0.2, 0.25) is 0 Å². The summed E-state index contributed by atoms with van der Waals surface area (Å²) < 4.78 is 5.62. The van der Waals surface area contributed by atoms with E-state index in [9.17, 15) is 4.79 Å². The summed E-state index contributed by atoms with van der Waals surface area (Å²) in [7, 11) is 0. The highest BCUT2D eigenvalue weighted by molar-refractivity contribution is 8.20. The molecule has 1 aromatic carbocycles. The highest BCUT2D eigenvalue weighted by atomic mass is 32.2. The van der Waals surface area contributed by atoms with Crippen LogP contribution in [-0.2, 0) is 9.53 Å². The molecule has 1 aliphatic heterocycles. The third-order valence-corrected chi connectivity index (χ3v) is 7.24. The van der Waals surface area contributed by atoms with Crippen molar-refractivity contribution in [2.24, 2.45) is 0 Å². The lowest BCUT2D eigenvalue weighted by atomic mass is 10.2. The first-order valence-electron chi connectivity index (χ1n) is 6.39. The molecule has 108 valence electrons. The van der Waals surface area contributed by atoms with Crippen molar-refractivity contribution in [1.82, 2.24) is 0 Å². The molecule has 20 heavy (non-hydrogen) atoms. The van der Waals surface area contributed by atoms with E-state index in [0.717, 1.165) is 11.5 Å². The quantitative estimate of drug-likeness (QED) is 0.335. The van der Waals surface area contributed by atoms with Crippen LogP contribution in [0.25, 0.3) is 0 Å². The van der Waals surface area contributed by atoms with Gasteiger partial charge in [-0.2, -0.15) is 0 Å². The van der Waals surface area contributed by atoms with Crippen molar-refractivity contribution in [2.75, 3.05) is 17.4 Å². The van der Waals surface area contributed by atoms with Gasteiger partial charge < -0.3 is 4.74 Å². The third kappa shape index (κ3) is 4.79. The van der Waals surface area contributed by atoms with Crippen molar-refractivity contribution < 1.29 is 9.53 Å². The topological polar surface area (TPSA) is 26.3 Å². The minimum Gasteiger partial charge on any atom is -0.451 e. The van der Waals surface area contributed by atoms with E-state index in [2.05, 4.69) is 36.9 Å². The molecule has 0 bridgehead atoms. The predicted octanol–water partition coefficient (Wildman–Crippen LogP) is 4.34. The molecule has 5 heteroatoms. The Morgan fingerprint density at radius 3 is 2.90 bits per heavy atom. The Balaban J connectivity index is 1.67. The number of esters is 1. The molecule has 1 saturated heterocycles. The SMILES string of the molecule is C=C(C)C(=O)OCSCC1CSC(c2ccccc2)S1. The van der Waals surface area contributed by atoms with Crippen molar-refractivity contribution >= 4 is 41.3 Å². The molecule has 0 amide bonds. The summed E-state index contributed by atoms with van der Waals surface area (Å²) in [5.74, 6) is 2.30. The van der Waals surface area contributed by atoms with E-state index in [1.165, 1.54) is 5.56 Å². The number of hydrogen-bond donors (Lipinski definition) is 0. The fourth-order valence-corrected chi connectivity index (χ4v) is 6.23. The first-order valence-corrected chi connectivity index (χ1v) is 9.54. The van der Waals surface area contributed by atoms with Gasteiger partial charge >= 0.3 is 5.97 Å². The van der Waals surface area contributed by atoms with E-state index in [4.69, 9.17) is 4.74 Å². The molecule has 0 spiro atoms. The van der Waals surface area contributed by atoms with Crippen molar-refractivity contribution in [2.45, 2.75) is 16.8 Å². The lowest BCUT2D eigenvalue weighted by Crippen LogP contribution is -2.08. The van der Waals surface area contributed by atoms with Crippen LogP contribution in [0.3, 0.4) is 0 Å². The van der Waals surface area contributed by atoms with Crippen LogP contribution < -0.4 is 0 Å². The summed E-state index contributed by atoms with van der Waals surface area (Å²) in [5.41, 5.74) is 1.85. The molecule has 0 saturated carbocycles. The Hall–Kier alpha value is -0.520. The molecule has 2 nitrogen and oxygen atoms in total. The Morgan fingerprint density at radius 2 is 2.20 bits per heavy atom. The van der Waals surface area contributed by atoms with Crippen LogP contribution in [0.1, 0.15) is 17.1 Å². The Bertz CT molecular complexity index is 461. The van der Waals surface area contributed by atoms with Crippen LogP contribution in [0, 0.1) is 0 Å². The lowest BCUT2D eigenvalue weighted by molar-refractivity contribution is -0.136. The summed E-state index contributed by atoms with van der Waals surface area (Å²) in [6.07, 6.45) is 0. The zero-order valence-corrected chi connectivity index (χ0v) is 13.9. The monoisotopic (exact) mass is 326 g/mol. The van der Waals surface area contributed by atoms with Gasteiger partial charge in [-0.05, 0) is 12.5 Å². The fraction of sp³-hybridized carbons (Fsp3) is 0.400. The fourth-order valence-electron chi connectivity index (χ4n) is 1.72. The van der Waals surface area contributed by atoms with E-state index >= 15 is 0 Å². The maximum atomic E-state index is 11.2. The largest absolute Gasteiger partial charge is 0.451 e. The van der Waals surface area contributed by atoms with Crippen molar-refractivity contribution in [3.63, 3.8) is 0 Å². The van der Waals surface area contributed by atoms with E-state index in [1.54, 1.807) is 18.7 Å². The van der Waals surface area contributed by atoms with E-state index < -0.39 is 0 Å². The van der Waals surface area contributed by atoms with Gasteiger partial charge in [0, 0.05) is 22.3 Å². The number of carbonyl (C=O) groups is 1. The Labute approximate surface area is 133 Å². The van der Waals surface area contributed by atoms with Gasteiger partial charge in [-0.1, -0.05) is 36.9 Å². The van der Waals surface area contributed by atoms with Crippen LogP contribution in [0.5, 0.6) is 0 Å². The van der Waals surface area contributed by atoms with Gasteiger partial charge in [0.05, 0.1) is 4.58 Å². The summed E-state index contributed by atoms with van der Waals surface area (Å²) in [5, 5.41) is 0.624. The highest BCUT2D eigenvalue weighted by Gasteiger charge is 2.26. The number of rotatable bonds is 6. The number of hydrogen-bond acceptors (Lipinski definition) is 5. The van der Waals surface area contributed by atoms with E-state index in [0.29, 0.717) is 21.3 Å². The lowest BCUT2D eigenvalue weighted by Gasteiger charge is -2.10. The zero-order valence-electron chi connectivity index (χ0n) is 11.4. The first-order chi connectivity index (χ1) is 9.66. The van der Waals surface area contributed by atoms with Crippen LogP contribution in [0.4, 0.5) is 0 Å².